The first-order valence-electron chi connectivity index (χ1n) is 6.85. The number of dihydropyridines is 1. The van der Waals surface area contributed by atoms with Crippen LogP contribution in [0.25, 0.3) is 0 Å². The highest BCUT2D eigenvalue weighted by Crippen LogP contribution is 2.36. The smallest absolute Gasteiger partial charge is 0.276 e. The summed E-state index contributed by atoms with van der Waals surface area (Å²) in [5, 5.41) is 0. The Hall–Kier alpha value is -2.11. The first-order chi connectivity index (χ1) is 11.7. The number of alkyl halides is 9. The summed E-state index contributed by atoms with van der Waals surface area (Å²) in [6, 6.07) is -1.72. The van der Waals surface area contributed by atoms with Crippen molar-refractivity contribution >= 4 is 11.6 Å². The molecule has 0 aromatic heterocycles. The standard InChI is InChI=1S/C14H9F9N2O/c15-12(16,17)5-25(6-13(18,19)20)7-1-2-10-8(3-7)9(14(21,22)23)4-11(26)24-10/h1-4,7H,5-6H2. The van der Waals surface area contributed by atoms with Crippen LogP contribution in [-0.4, -0.2) is 54.2 Å². The molecule has 1 atom stereocenters. The van der Waals surface area contributed by atoms with Crippen molar-refractivity contribution in [3.8, 4) is 0 Å². The van der Waals surface area contributed by atoms with Crippen molar-refractivity contribution in [1.82, 2.24) is 4.90 Å². The van der Waals surface area contributed by atoms with Crippen LogP contribution in [0.2, 0.25) is 0 Å². The Morgan fingerprint density at radius 1 is 0.962 bits per heavy atom. The van der Waals surface area contributed by atoms with E-state index in [-0.39, 0.29) is 11.0 Å². The van der Waals surface area contributed by atoms with Crippen LogP contribution in [0.15, 0.2) is 40.4 Å². The summed E-state index contributed by atoms with van der Waals surface area (Å²) in [4.78, 5) is 14.5. The van der Waals surface area contributed by atoms with Gasteiger partial charge in [0.05, 0.1) is 24.4 Å². The number of hydrogen-bond donors (Lipinski definition) is 0. The fourth-order valence-electron chi connectivity index (χ4n) is 2.46. The van der Waals surface area contributed by atoms with E-state index in [2.05, 4.69) is 4.99 Å². The zero-order valence-electron chi connectivity index (χ0n) is 12.5. The third-order valence-electron chi connectivity index (χ3n) is 3.35. The minimum Gasteiger partial charge on any atom is -0.276 e. The second-order valence-electron chi connectivity index (χ2n) is 5.46. The lowest BCUT2D eigenvalue weighted by Crippen LogP contribution is -2.46. The maximum Gasteiger partial charge on any atom is 0.417 e. The Balaban J connectivity index is 2.42. The largest absolute Gasteiger partial charge is 0.417 e. The number of fused-ring (bicyclic) bond motifs is 1. The van der Waals surface area contributed by atoms with Gasteiger partial charge in [-0.1, -0.05) is 12.2 Å². The summed E-state index contributed by atoms with van der Waals surface area (Å²) >= 11 is 0. The van der Waals surface area contributed by atoms with Gasteiger partial charge in [-0.3, -0.25) is 9.69 Å². The molecule has 2 rings (SSSR count). The lowest BCUT2D eigenvalue weighted by molar-refractivity contribution is -0.182. The predicted molar refractivity (Wildman–Crippen MR) is 71.3 cm³/mol. The Kier molecular flexibility index (Phi) is 5.10. The number of carbonyl (C=O) groups is 1. The van der Waals surface area contributed by atoms with Crippen molar-refractivity contribution in [3.05, 3.63) is 35.5 Å². The van der Waals surface area contributed by atoms with Gasteiger partial charge in [-0.2, -0.15) is 39.5 Å². The third kappa shape index (κ3) is 5.19. The molecule has 26 heavy (non-hydrogen) atoms. The molecule has 0 saturated carbocycles. The molecule has 0 radical (unpaired) electrons. The SMILES string of the molecule is O=C1C=C(C(F)(F)F)C2=CC(N(CC(F)(F)F)CC(F)(F)F)C=CC2=N1. The molecule has 0 spiro atoms. The first kappa shape index (κ1) is 20.2. The number of carbonyl (C=O) groups excluding carboxylic acids is 1. The first-order valence-corrected chi connectivity index (χ1v) is 6.85. The van der Waals surface area contributed by atoms with Gasteiger partial charge in [0, 0.05) is 17.7 Å². The minimum absolute atomic E-state index is 0.0648. The van der Waals surface area contributed by atoms with E-state index in [9.17, 15) is 44.3 Å². The highest BCUT2D eigenvalue weighted by Gasteiger charge is 2.43. The Bertz CT molecular complexity index is 691. The van der Waals surface area contributed by atoms with Crippen molar-refractivity contribution in [2.24, 2.45) is 4.99 Å². The molecule has 0 saturated heterocycles. The molecule has 0 bridgehead atoms. The zero-order valence-corrected chi connectivity index (χ0v) is 12.5. The van der Waals surface area contributed by atoms with Crippen LogP contribution in [0.4, 0.5) is 39.5 Å². The maximum atomic E-state index is 13.0. The Morgan fingerprint density at radius 2 is 1.50 bits per heavy atom. The van der Waals surface area contributed by atoms with Crippen molar-refractivity contribution < 1.29 is 44.3 Å². The Labute approximate surface area is 140 Å². The molecule has 1 unspecified atom stereocenters. The molecule has 3 nitrogen and oxygen atoms in total. The van der Waals surface area contributed by atoms with Crippen LogP contribution < -0.4 is 0 Å². The van der Waals surface area contributed by atoms with Crippen LogP contribution in [0.1, 0.15) is 0 Å². The Morgan fingerprint density at radius 3 is 1.96 bits per heavy atom. The summed E-state index contributed by atoms with van der Waals surface area (Å²) in [5.74, 6) is -1.23. The average molecular weight is 392 g/mol. The number of rotatable bonds is 3. The van der Waals surface area contributed by atoms with E-state index < -0.39 is 60.4 Å². The normalized spacial score (nSPS) is 21.4. The number of allylic oxidation sites excluding steroid dienone is 3. The molecule has 144 valence electrons. The quantitative estimate of drug-likeness (QED) is 0.686. The van der Waals surface area contributed by atoms with Crippen molar-refractivity contribution in [3.63, 3.8) is 0 Å². The molecule has 12 heteroatoms. The second kappa shape index (κ2) is 6.56. The van der Waals surface area contributed by atoms with Crippen LogP contribution in [0, 0.1) is 0 Å². The van der Waals surface area contributed by atoms with Crippen LogP contribution in [0.5, 0.6) is 0 Å². The van der Waals surface area contributed by atoms with Crippen LogP contribution in [-0.2, 0) is 4.79 Å². The fourth-order valence-corrected chi connectivity index (χ4v) is 2.46. The van der Waals surface area contributed by atoms with E-state index in [0.717, 1.165) is 12.2 Å². The molecule has 0 N–H and O–H groups in total. The lowest BCUT2D eigenvalue weighted by atomic mass is 9.90. The van der Waals surface area contributed by atoms with Crippen LogP contribution in [0.3, 0.4) is 0 Å². The van der Waals surface area contributed by atoms with E-state index in [1.165, 1.54) is 0 Å². The fraction of sp³-hybridized carbons (Fsp3) is 0.429. The molecule has 0 aromatic rings. The molecule has 1 amide bonds. The van der Waals surface area contributed by atoms with E-state index in [1.54, 1.807) is 0 Å². The molecule has 0 fully saturated rings. The van der Waals surface area contributed by atoms with Crippen molar-refractivity contribution in [2.45, 2.75) is 24.6 Å². The number of amides is 1. The van der Waals surface area contributed by atoms with Gasteiger partial charge >= 0.3 is 18.5 Å². The van der Waals surface area contributed by atoms with Crippen molar-refractivity contribution in [1.29, 1.82) is 0 Å². The molecule has 1 heterocycles. The van der Waals surface area contributed by atoms with Gasteiger partial charge in [0.25, 0.3) is 5.91 Å². The lowest BCUT2D eigenvalue weighted by Gasteiger charge is -2.32. The third-order valence-corrected chi connectivity index (χ3v) is 3.35. The van der Waals surface area contributed by atoms with Gasteiger partial charge in [-0.05, 0) is 6.08 Å². The van der Waals surface area contributed by atoms with Crippen molar-refractivity contribution in [2.75, 3.05) is 13.1 Å². The van der Waals surface area contributed by atoms with Gasteiger partial charge < -0.3 is 0 Å². The molecule has 1 aliphatic heterocycles. The molecule has 2 aliphatic rings. The second-order valence-corrected chi connectivity index (χ2v) is 5.46. The zero-order chi connectivity index (χ0) is 19.9. The van der Waals surface area contributed by atoms with Gasteiger partial charge in [-0.25, -0.2) is 4.99 Å². The molecule has 1 aliphatic carbocycles. The summed E-state index contributed by atoms with van der Waals surface area (Å²) in [5.41, 5.74) is -2.68. The van der Waals surface area contributed by atoms with Gasteiger partial charge in [-0.15, -0.1) is 0 Å². The maximum absolute atomic E-state index is 13.0. The topological polar surface area (TPSA) is 32.7 Å². The number of halogens is 9. The number of aliphatic imine (C=N–C) groups is 1. The summed E-state index contributed by atoms with van der Waals surface area (Å²) in [6.07, 6.45) is -12.7. The van der Waals surface area contributed by atoms with Crippen LogP contribution >= 0.6 is 0 Å². The van der Waals surface area contributed by atoms with Gasteiger partial charge in [0.2, 0.25) is 0 Å². The van der Waals surface area contributed by atoms with E-state index in [4.69, 9.17) is 0 Å². The number of hydrogen-bond acceptors (Lipinski definition) is 2. The highest BCUT2D eigenvalue weighted by atomic mass is 19.4. The van der Waals surface area contributed by atoms with Gasteiger partial charge in [0.15, 0.2) is 0 Å². The molecular weight excluding hydrogens is 383 g/mol. The van der Waals surface area contributed by atoms with E-state index in [0.29, 0.717) is 6.08 Å². The summed E-state index contributed by atoms with van der Waals surface area (Å²) < 4.78 is 115. The van der Waals surface area contributed by atoms with E-state index in [1.807, 2.05) is 0 Å². The highest BCUT2D eigenvalue weighted by molar-refractivity contribution is 6.20. The van der Waals surface area contributed by atoms with Gasteiger partial charge in [0.1, 0.15) is 0 Å². The summed E-state index contributed by atoms with van der Waals surface area (Å²) in [7, 11) is 0. The average Bonchev–Trinajstić information content (AvgIpc) is 2.41. The minimum atomic E-state index is -5.03. The molecular formula is C14H9F9N2O. The monoisotopic (exact) mass is 392 g/mol. The molecule has 0 aromatic carbocycles. The summed E-state index contributed by atoms with van der Waals surface area (Å²) in [6.45, 7) is -3.97. The van der Waals surface area contributed by atoms with E-state index >= 15 is 0 Å². The predicted octanol–water partition coefficient (Wildman–Crippen LogP) is 3.75. The number of nitrogens with zero attached hydrogens (tertiary/aromatic N) is 2.